The summed E-state index contributed by atoms with van der Waals surface area (Å²) in [6, 6.07) is 3.73. The van der Waals surface area contributed by atoms with E-state index in [0.717, 1.165) is 21.5 Å². The molecule has 0 saturated heterocycles. The molecule has 1 amide bonds. The Labute approximate surface area is 147 Å². The van der Waals surface area contributed by atoms with Crippen LogP contribution in [0.2, 0.25) is 0 Å². The van der Waals surface area contributed by atoms with E-state index in [1.54, 1.807) is 34.0 Å². The molecule has 0 aliphatic rings. The monoisotopic (exact) mass is 363 g/mol. The highest BCUT2D eigenvalue weighted by Crippen LogP contribution is 2.28. The van der Waals surface area contributed by atoms with Crippen LogP contribution in [0.3, 0.4) is 0 Å². The zero-order valence-corrected chi connectivity index (χ0v) is 15.2. The fourth-order valence-corrected chi connectivity index (χ4v) is 4.04. The second kappa shape index (κ2) is 6.74. The molecule has 3 aromatic heterocycles. The third kappa shape index (κ3) is 3.34. The first-order chi connectivity index (χ1) is 11.5. The summed E-state index contributed by atoms with van der Waals surface area (Å²) in [7, 11) is 3.53. The van der Waals surface area contributed by atoms with Crippen LogP contribution < -0.4 is 0 Å². The van der Waals surface area contributed by atoms with Gasteiger partial charge in [-0.1, -0.05) is 0 Å². The van der Waals surface area contributed by atoms with Crippen LogP contribution in [0.15, 0.2) is 22.9 Å². The van der Waals surface area contributed by atoms with Crippen LogP contribution in [0.25, 0.3) is 10.2 Å². The Morgan fingerprint density at radius 2 is 2.21 bits per heavy atom. The summed E-state index contributed by atoms with van der Waals surface area (Å²) < 4.78 is 6.90. The van der Waals surface area contributed by atoms with E-state index in [1.807, 2.05) is 30.8 Å². The Bertz CT molecular complexity index is 846. The SMILES string of the molecule is Cc1nn(C)c2sc(C(=O)OCC(=O)N(C)Cc3ccsc3)cc12. The van der Waals surface area contributed by atoms with Crippen LogP contribution in [-0.2, 0) is 23.1 Å². The maximum absolute atomic E-state index is 12.2. The zero-order chi connectivity index (χ0) is 17.3. The van der Waals surface area contributed by atoms with Crippen LogP contribution in [0.1, 0.15) is 20.9 Å². The van der Waals surface area contributed by atoms with Crippen molar-refractivity contribution < 1.29 is 14.3 Å². The minimum atomic E-state index is -0.479. The Morgan fingerprint density at radius 1 is 1.42 bits per heavy atom. The number of thiophene rings is 2. The van der Waals surface area contributed by atoms with Gasteiger partial charge in [-0.2, -0.15) is 16.4 Å². The fraction of sp³-hybridized carbons (Fsp3) is 0.312. The predicted molar refractivity (Wildman–Crippen MR) is 94.4 cm³/mol. The minimum absolute atomic E-state index is 0.228. The standard InChI is InChI=1S/C16H17N3O3S2/c1-10-12-6-13(24-15(12)19(3)17-10)16(21)22-8-14(20)18(2)7-11-4-5-23-9-11/h4-6,9H,7-8H2,1-3H3. The molecule has 8 heteroatoms. The van der Waals surface area contributed by atoms with Crippen molar-refractivity contribution in [1.82, 2.24) is 14.7 Å². The van der Waals surface area contributed by atoms with Crippen molar-refractivity contribution in [3.8, 4) is 0 Å². The van der Waals surface area contributed by atoms with Crippen LogP contribution in [0.4, 0.5) is 0 Å². The molecule has 0 spiro atoms. The second-order valence-electron chi connectivity index (χ2n) is 5.50. The molecule has 0 aliphatic heterocycles. The smallest absolute Gasteiger partial charge is 0.348 e. The number of hydrogen-bond acceptors (Lipinski definition) is 6. The van der Waals surface area contributed by atoms with Gasteiger partial charge in [0, 0.05) is 26.0 Å². The van der Waals surface area contributed by atoms with Crippen molar-refractivity contribution in [1.29, 1.82) is 0 Å². The number of aryl methyl sites for hydroxylation is 2. The Hall–Kier alpha value is -2.19. The van der Waals surface area contributed by atoms with Crippen molar-refractivity contribution in [2.75, 3.05) is 13.7 Å². The van der Waals surface area contributed by atoms with Crippen molar-refractivity contribution in [2.45, 2.75) is 13.5 Å². The number of fused-ring (bicyclic) bond motifs is 1. The first-order valence-corrected chi connectivity index (χ1v) is 9.07. The Kier molecular flexibility index (Phi) is 4.68. The average molecular weight is 363 g/mol. The van der Waals surface area contributed by atoms with E-state index in [4.69, 9.17) is 4.74 Å². The topological polar surface area (TPSA) is 64.4 Å². The van der Waals surface area contributed by atoms with E-state index in [0.29, 0.717) is 11.4 Å². The molecule has 0 saturated carbocycles. The lowest BCUT2D eigenvalue weighted by atomic mass is 10.3. The number of ether oxygens (including phenoxy) is 1. The Morgan fingerprint density at radius 3 is 2.88 bits per heavy atom. The maximum Gasteiger partial charge on any atom is 0.348 e. The number of hydrogen-bond donors (Lipinski definition) is 0. The fourth-order valence-electron chi connectivity index (χ4n) is 2.36. The molecule has 6 nitrogen and oxygen atoms in total. The van der Waals surface area contributed by atoms with Gasteiger partial charge in [0.25, 0.3) is 5.91 Å². The molecule has 126 valence electrons. The molecule has 0 fully saturated rings. The largest absolute Gasteiger partial charge is 0.451 e. The number of amides is 1. The Balaban J connectivity index is 1.59. The molecule has 0 aliphatic carbocycles. The third-order valence-corrected chi connectivity index (χ3v) is 5.56. The molecule has 3 aromatic rings. The van der Waals surface area contributed by atoms with Crippen molar-refractivity contribution >= 4 is 44.8 Å². The lowest BCUT2D eigenvalue weighted by molar-refractivity contribution is -0.133. The summed E-state index contributed by atoms with van der Waals surface area (Å²) in [6.45, 7) is 2.14. The quantitative estimate of drug-likeness (QED) is 0.654. The van der Waals surface area contributed by atoms with Gasteiger partial charge in [0.15, 0.2) is 6.61 Å². The lowest BCUT2D eigenvalue weighted by Crippen LogP contribution is -2.30. The average Bonchev–Trinajstić information content (AvgIpc) is 3.25. The van der Waals surface area contributed by atoms with Gasteiger partial charge < -0.3 is 9.64 Å². The molecule has 0 aromatic carbocycles. The molecule has 3 heterocycles. The number of nitrogens with zero attached hydrogens (tertiary/aromatic N) is 3. The minimum Gasteiger partial charge on any atom is -0.451 e. The molecular weight excluding hydrogens is 346 g/mol. The molecule has 0 bridgehead atoms. The molecule has 0 radical (unpaired) electrons. The van der Waals surface area contributed by atoms with E-state index >= 15 is 0 Å². The zero-order valence-electron chi connectivity index (χ0n) is 13.6. The van der Waals surface area contributed by atoms with E-state index < -0.39 is 5.97 Å². The summed E-state index contributed by atoms with van der Waals surface area (Å²) in [6.07, 6.45) is 0. The maximum atomic E-state index is 12.2. The van der Waals surface area contributed by atoms with E-state index in [9.17, 15) is 9.59 Å². The number of aromatic nitrogens is 2. The number of likely N-dealkylation sites (N-methyl/N-ethyl adjacent to an activating group) is 1. The summed E-state index contributed by atoms with van der Waals surface area (Å²) >= 11 is 2.90. The van der Waals surface area contributed by atoms with E-state index in [-0.39, 0.29) is 12.5 Å². The second-order valence-corrected chi connectivity index (χ2v) is 7.31. The predicted octanol–water partition coefficient (Wildman–Crippen LogP) is 2.82. The number of carbonyl (C=O) groups is 2. The number of carbonyl (C=O) groups excluding carboxylic acids is 2. The van der Waals surface area contributed by atoms with Crippen LogP contribution in [0, 0.1) is 6.92 Å². The molecule has 0 atom stereocenters. The van der Waals surface area contributed by atoms with Crippen molar-refractivity contribution in [3.63, 3.8) is 0 Å². The van der Waals surface area contributed by atoms with Crippen molar-refractivity contribution in [3.05, 3.63) is 39.0 Å². The lowest BCUT2D eigenvalue weighted by Gasteiger charge is -2.16. The summed E-state index contributed by atoms with van der Waals surface area (Å²) in [4.78, 5) is 27.2. The highest BCUT2D eigenvalue weighted by molar-refractivity contribution is 7.20. The van der Waals surface area contributed by atoms with Gasteiger partial charge in [-0.05, 0) is 35.4 Å². The first-order valence-electron chi connectivity index (χ1n) is 7.31. The van der Waals surface area contributed by atoms with Crippen LogP contribution in [-0.4, -0.2) is 40.2 Å². The van der Waals surface area contributed by atoms with Crippen LogP contribution in [0.5, 0.6) is 0 Å². The highest BCUT2D eigenvalue weighted by atomic mass is 32.1. The van der Waals surface area contributed by atoms with Gasteiger partial charge in [0.1, 0.15) is 9.71 Å². The van der Waals surface area contributed by atoms with Gasteiger partial charge in [-0.25, -0.2) is 4.79 Å². The normalized spacial score (nSPS) is 11.0. The van der Waals surface area contributed by atoms with Gasteiger partial charge in [0.05, 0.1) is 5.69 Å². The highest BCUT2D eigenvalue weighted by Gasteiger charge is 2.18. The van der Waals surface area contributed by atoms with Crippen LogP contribution >= 0.6 is 22.7 Å². The van der Waals surface area contributed by atoms with E-state index in [2.05, 4.69) is 5.10 Å². The summed E-state index contributed by atoms with van der Waals surface area (Å²) in [5, 5.41) is 9.19. The first kappa shape index (κ1) is 16.7. The molecule has 3 rings (SSSR count). The van der Waals surface area contributed by atoms with Gasteiger partial charge in [-0.3, -0.25) is 9.48 Å². The molecule has 24 heavy (non-hydrogen) atoms. The van der Waals surface area contributed by atoms with Gasteiger partial charge in [0.2, 0.25) is 0 Å². The van der Waals surface area contributed by atoms with Crippen molar-refractivity contribution in [2.24, 2.45) is 7.05 Å². The molecule has 0 unspecified atom stereocenters. The number of esters is 1. The summed E-state index contributed by atoms with van der Waals surface area (Å²) in [5.41, 5.74) is 1.93. The third-order valence-electron chi connectivity index (χ3n) is 3.65. The van der Waals surface area contributed by atoms with E-state index in [1.165, 1.54) is 11.3 Å². The van der Waals surface area contributed by atoms with Gasteiger partial charge >= 0.3 is 5.97 Å². The summed E-state index contributed by atoms with van der Waals surface area (Å²) in [5.74, 6) is -0.707. The number of rotatable bonds is 5. The molecule has 0 N–H and O–H groups in total. The molecular formula is C16H17N3O3S2. The van der Waals surface area contributed by atoms with Gasteiger partial charge in [-0.15, -0.1) is 11.3 Å².